The second-order valence-corrected chi connectivity index (χ2v) is 11.8. The van der Waals surface area contributed by atoms with E-state index in [0.29, 0.717) is 41.5 Å². The number of likely N-dealkylation sites (tertiary alicyclic amines) is 1. The molecule has 1 saturated heterocycles. The largest absolute Gasteiger partial charge is 0.385 e. The van der Waals surface area contributed by atoms with E-state index in [-0.39, 0.29) is 11.8 Å². The van der Waals surface area contributed by atoms with E-state index in [1.807, 2.05) is 72.6 Å². The first-order valence-electron chi connectivity index (χ1n) is 15.2. The molecule has 2 N–H and O–H groups in total. The van der Waals surface area contributed by atoms with Crippen LogP contribution in [0.4, 0.5) is 0 Å². The summed E-state index contributed by atoms with van der Waals surface area (Å²) in [7, 11) is 1.91. The van der Waals surface area contributed by atoms with Gasteiger partial charge in [-0.3, -0.25) is 4.79 Å². The number of carbonyl (C=O) groups excluding carboxylic acids is 1. The summed E-state index contributed by atoms with van der Waals surface area (Å²) in [6.45, 7) is 6.13. The van der Waals surface area contributed by atoms with Crippen LogP contribution in [0.2, 0.25) is 5.02 Å². The first-order valence-corrected chi connectivity index (χ1v) is 15.6. The number of para-hydroxylation sites is 1. The van der Waals surface area contributed by atoms with Crippen molar-refractivity contribution in [3.63, 3.8) is 0 Å². The van der Waals surface area contributed by atoms with Gasteiger partial charge >= 0.3 is 0 Å². The molecule has 2 heterocycles. The quantitative estimate of drug-likeness (QED) is 0.207. The van der Waals surface area contributed by atoms with Gasteiger partial charge in [-0.1, -0.05) is 80.8 Å². The Hall–Kier alpha value is -3.32. The lowest BCUT2D eigenvalue weighted by Gasteiger charge is -2.43. The van der Waals surface area contributed by atoms with E-state index in [0.717, 1.165) is 66.4 Å². The molecule has 0 aliphatic carbocycles. The number of halogens is 1. The van der Waals surface area contributed by atoms with Crippen LogP contribution in [0.25, 0.3) is 22.3 Å². The van der Waals surface area contributed by atoms with E-state index in [4.69, 9.17) is 21.6 Å². The van der Waals surface area contributed by atoms with Gasteiger partial charge in [0.1, 0.15) is 0 Å². The van der Waals surface area contributed by atoms with Crippen LogP contribution in [0, 0.1) is 5.92 Å². The van der Waals surface area contributed by atoms with Crippen LogP contribution < -0.4 is 5.32 Å². The molecule has 1 fully saturated rings. The first-order chi connectivity index (χ1) is 20.4. The van der Waals surface area contributed by atoms with Crippen molar-refractivity contribution in [2.45, 2.75) is 64.5 Å². The van der Waals surface area contributed by atoms with Crippen molar-refractivity contribution in [3.05, 3.63) is 94.1 Å². The monoisotopic (exact) mass is 584 g/mol. The lowest BCUT2D eigenvalue weighted by Crippen LogP contribution is -2.48. The Morgan fingerprint density at radius 1 is 1.05 bits per heavy atom. The van der Waals surface area contributed by atoms with E-state index >= 15 is 0 Å². The van der Waals surface area contributed by atoms with Crippen LogP contribution in [0.3, 0.4) is 0 Å². The Bertz CT molecular complexity index is 1540. The van der Waals surface area contributed by atoms with Gasteiger partial charge in [-0.05, 0) is 68.1 Å². The van der Waals surface area contributed by atoms with Crippen molar-refractivity contribution in [2.75, 3.05) is 20.1 Å². The van der Waals surface area contributed by atoms with E-state index < -0.39 is 5.60 Å². The van der Waals surface area contributed by atoms with Crippen molar-refractivity contribution in [3.8, 4) is 11.4 Å². The molecule has 7 heteroatoms. The highest BCUT2D eigenvalue weighted by Gasteiger charge is 2.43. The average molecular weight is 585 g/mol. The smallest absolute Gasteiger partial charge is 0.253 e. The average Bonchev–Trinajstić information content (AvgIpc) is 3.01. The number of piperidine rings is 1. The fourth-order valence-electron chi connectivity index (χ4n) is 6.44. The van der Waals surface area contributed by atoms with Crippen molar-refractivity contribution >= 4 is 28.4 Å². The summed E-state index contributed by atoms with van der Waals surface area (Å²) in [6, 6.07) is 21.6. The maximum Gasteiger partial charge on any atom is 0.253 e. The molecule has 0 saturated carbocycles. The standard InChI is InChI=1S/C35H41ClN4O2/c1-4-10-30-27-12-6-7-15-31(27)39-33(38-30)32-28(13-8-14-29(32)36)35(42,20-5-2)26-11-9-21-40(23-26)34(41)25-18-16-24(17-19-25)22-37-3/h6-8,12-19,26,37,42H,4-5,9-11,20-23H2,1-3H3. The number of aryl methyl sites for hydroxylation is 1. The highest BCUT2D eigenvalue weighted by molar-refractivity contribution is 6.33. The predicted molar refractivity (Wildman–Crippen MR) is 171 cm³/mol. The Balaban J connectivity index is 1.53. The molecule has 1 amide bonds. The highest BCUT2D eigenvalue weighted by atomic mass is 35.5. The third-order valence-corrected chi connectivity index (χ3v) is 8.78. The maximum atomic E-state index is 13.6. The molecule has 1 aromatic heterocycles. The Labute approximate surface area is 254 Å². The number of aromatic nitrogens is 2. The molecule has 220 valence electrons. The Morgan fingerprint density at radius 3 is 2.57 bits per heavy atom. The number of hydrogen-bond donors (Lipinski definition) is 2. The summed E-state index contributed by atoms with van der Waals surface area (Å²) in [6.07, 6.45) is 4.74. The molecule has 0 spiro atoms. The zero-order valence-corrected chi connectivity index (χ0v) is 25.6. The first kappa shape index (κ1) is 30.1. The van der Waals surface area contributed by atoms with Crippen LogP contribution in [0.15, 0.2) is 66.7 Å². The zero-order valence-electron chi connectivity index (χ0n) is 24.9. The maximum absolute atomic E-state index is 13.6. The molecular weight excluding hydrogens is 544 g/mol. The molecule has 1 aliphatic heterocycles. The van der Waals surface area contributed by atoms with Gasteiger partial charge in [-0.25, -0.2) is 9.97 Å². The molecule has 4 aromatic rings. The van der Waals surface area contributed by atoms with Crippen LogP contribution in [0.1, 0.15) is 73.1 Å². The van der Waals surface area contributed by atoms with E-state index in [9.17, 15) is 9.90 Å². The molecular formula is C35H41ClN4O2. The number of fused-ring (bicyclic) bond motifs is 1. The molecule has 0 radical (unpaired) electrons. The van der Waals surface area contributed by atoms with E-state index in [2.05, 4.69) is 25.2 Å². The molecule has 2 atom stereocenters. The van der Waals surface area contributed by atoms with Gasteiger partial charge in [0.05, 0.1) is 21.8 Å². The number of aliphatic hydroxyl groups is 1. The molecule has 0 bridgehead atoms. The Kier molecular flexibility index (Phi) is 9.57. The van der Waals surface area contributed by atoms with E-state index in [1.54, 1.807) is 0 Å². The summed E-state index contributed by atoms with van der Waals surface area (Å²) in [5, 5.41) is 17.4. The number of hydrogen-bond acceptors (Lipinski definition) is 5. The summed E-state index contributed by atoms with van der Waals surface area (Å²) in [4.78, 5) is 25.5. The van der Waals surface area contributed by atoms with Gasteiger partial charge in [0.2, 0.25) is 0 Å². The van der Waals surface area contributed by atoms with Crippen molar-refractivity contribution in [1.29, 1.82) is 0 Å². The summed E-state index contributed by atoms with van der Waals surface area (Å²) in [5.74, 6) is 0.382. The summed E-state index contributed by atoms with van der Waals surface area (Å²) < 4.78 is 0. The molecule has 2 unspecified atom stereocenters. The third-order valence-electron chi connectivity index (χ3n) is 8.47. The van der Waals surface area contributed by atoms with Gasteiger partial charge in [-0.2, -0.15) is 0 Å². The number of benzene rings is 3. The predicted octanol–water partition coefficient (Wildman–Crippen LogP) is 7.16. The fraction of sp³-hybridized carbons (Fsp3) is 0.400. The minimum atomic E-state index is -1.20. The van der Waals surface area contributed by atoms with Crippen LogP contribution in [-0.4, -0.2) is 46.0 Å². The van der Waals surface area contributed by atoms with Crippen LogP contribution in [-0.2, 0) is 18.6 Å². The van der Waals surface area contributed by atoms with Crippen molar-refractivity contribution in [2.24, 2.45) is 5.92 Å². The number of rotatable bonds is 10. The van der Waals surface area contributed by atoms with Crippen LogP contribution >= 0.6 is 11.6 Å². The minimum Gasteiger partial charge on any atom is -0.385 e. The van der Waals surface area contributed by atoms with Gasteiger partial charge < -0.3 is 15.3 Å². The topological polar surface area (TPSA) is 78.4 Å². The number of carbonyl (C=O) groups is 1. The van der Waals surface area contributed by atoms with Crippen LogP contribution in [0.5, 0.6) is 0 Å². The van der Waals surface area contributed by atoms with Crippen molar-refractivity contribution in [1.82, 2.24) is 20.2 Å². The lowest BCUT2D eigenvalue weighted by atomic mass is 9.72. The number of amides is 1. The van der Waals surface area contributed by atoms with Gasteiger partial charge in [-0.15, -0.1) is 0 Å². The second kappa shape index (κ2) is 13.3. The Morgan fingerprint density at radius 2 is 1.83 bits per heavy atom. The molecule has 42 heavy (non-hydrogen) atoms. The zero-order chi connectivity index (χ0) is 29.7. The molecule has 5 rings (SSSR count). The normalized spacial score (nSPS) is 16.9. The number of nitrogens with zero attached hydrogens (tertiary/aromatic N) is 3. The van der Waals surface area contributed by atoms with Gasteiger partial charge in [0, 0.05) is 42.1 Å². The second-order valence-electron chi connectivity index (χ2n) is 11.4. The minimum absolute atomic E-state index is 0.00273. The van der Waals surface area contributed by atoms with Gasteiger partial charge in [0.15, 0.2) is 5.82 Å². The lowest BCUT2D eigenvalue weighted by molar-refractivity contribution is -0.0556. The summed E-state index contributed by atoms with van der Waals surface area (Å²) >= 11 is 6.92. The number of nitrogens with one attached hydrogen (secondary N) is 1. The fourth-order valence-corrected chi connectivity index (χ4v) is 6.70. The molecule has 6 nitrogen and oxygen atoms in total. The highest BCUT2D eigenvalue weighted by Crippen LogP contribution is 2.45. The summed E-state index contributed by atoms with van der Waals surface area (Å²) in [5.41, 5.74) is 3.88. The van der Waals surface area contributed by atoms with Crippen molar-refractivity contribution < 1.29 is 9.90 Å². The molecule has 3 aromatic carbocycles. The third kappa shape index (κ3) is 6.07. The SMILES string of the molecule is CCCc1nc(-c2c(Cl)cccc2C(O)(CCC)C2CCCN(C(=O)c3ccc(CNC)cc3)C2)nc2ccccc12. The van der Waals surface area contributed by atoms with E-state index in [1.165, 1.54) is 0 Å². The molecule has 1 aliphatic rings. The van der Waals surface area contributed by atoms with Gasteiger partial charge in [0.25, 0.3) is 5.91 Å².